The molecule has 2 rings (SSSR count). The summed E-state index contributed by atoms with van der Waals surface area (Å²) in [7, 11) is 1.77. The predicted molar refractivity (Wildman–Crippen MR) is 71.8 cm³/mol. The Labute approximate surface area is 112 Å². The zero-order valence-corrected chi connectivity index (χ0v) is 11.2. The van der Waals surface area contributed by atoms with Gasteiger partial charge in [0.15, 0.2) is 0 Å². The molecule has 1 aromatic carbocycles. The minimum absolute atomic E-state index is 0. The molecule has 0 aliphatic heterocycles. The molecule has 1 unspecified atom stereocenters. The summed E-state index contributed by atoms with van der Waals surface area (Å²) < 4.78 is 0. The summed E-state index contributed by atoms with van der Waals surface area (Å²) in [5, 5.41) is 6.62. The number of benzene rings is 1. The molecule has 1 aromatic rings. The van der Waals surface area contributed by atoms with Gasteiger partial charge in [0, 0.05) is 5.02 Å². The summed E-state index contributed by atoms with van der Waals surface area (Å²) in [6.07, 6.45) is 1.95. The van der Waals surface area contributed by atoms with E-state index in [2.05, 4.69) is 10.6 Å². The maximum atomic E-state index is 11.5. The number of hydrogen-bond acceptors (Lipinski definition) is 2. The molecular weight excluding hydrogens is 259 g/mol. The van der Waals surface area contributed by atoms with Crippen molar-refractivity contribution in [1.82, 2.24) is 10.6 Å². The first-order valence-electron chi connectivity index (χ1n) is 5.43. The van der Waals surface area contributed by atoms with Crippen molar-refractivity contribution in [2.45, 2.75) is 18.9 Å². The van der Waals surface area contributed by atoms with Gasteiger partial charge in [-0.3, -0.25) is 4.79 Å². The van der Waals surface area contributed by atoms with Crippen LogP contribution in [0.5, 0.6) is 0 Å². The Balaban J connectivity index is 0.00000144. The molecule has 1 atom stereocenters. The lowest BCUT2D eigenvalue weighted by molar-refractivity contribution is -0.120. The summed E-state index contributed by atoms with van der Waals surface area (Å²) in [6.45, 7) is 0.361. The van der Waals surface area contributed by atoms with Crippen LogP contribution in [0, 0.1) is 0 Å². The summed E-state index contributed by atoms with van der Waals surface area (Å²) in [5.41, 5.74) is 2.45. The van der Waals surface area contributed by atoms with Gasteiger partial charge in [-0.15, -0.1) is 12.4 Å². The number of hydrogen-bond donors (Lipinski definition) is 2. The van der Waals surface area contributed by atoms with Gasteiger partial charge in [-0.25, -0.2) is 0 Å². The molecule has 94 valence electrons. The number of halogens is 2. The largest absolute Gasteiger partial charge is 0.348 e. The Morgan fingerprint density at radius 2 is 2.29 bits per heavy atom. The Bertz CT molecular complexity index is 409. The molecule has 5 heteroatoms. The first-order chi connectivity index (χ1) is 7.70. The van der Waals surface area contributed by atoms with E-state index >= 15 is 0 Å². The number of amides is 1. The molecule has 1 aliphatic rings. The first kappa shape index (κ1) is 14.3. The second-order valence-electron chi connectivity index (χ2n) is 4.03. The summed E-state index contributed by atoms with van der Waals surface area (Å²) in [4.78, 5) is 11.5. The van der Waals surface area contributed by atoms with Crippen LogP contribution in [0.3, 0.4) is 0 Å². The van der Waals surface area contributed by atoms with E-state index in [1.807, 2.05) is 18.2 Å². The maximum Gasteiger partial charge on any atom is 0.234 e. The van der Waals surface area contributed by atoms with Gasteiger partial charge in [0.25, 0.3) is 0 Å². The third-order valence-electron chi connectivity index (χ3n) is 2.86. The van der Waals surface area contributed by atoms with Crippen LogP contribution >= 0.6 is 24.0 Å². The Morgan fingerprint density at radius 1 is 1.53 bits per heavy atom. The fourth-order valence-electron chi connectivity index (χ4n) is 2.14. The van der Waals surface area contributed by atoms with Crippen molar-refractivity contribution < 1.29 is 4.79 Å². The number of fused-ring (bicyclic) bond motifs is 1. The van der Waals surface area contributed by atoms with Crippen molar-refractivity contribution >= 4 is 29.9 Å². The zero-order valence-electron chi connectivity index (χ0n) is 9.63. The standard InChI is InChI=1S/C12H15ClN2O.ClH/c1-14-7-12(16)15-11-5-2-8-6-9(13)3-4-10(8)11;/h3-4,6,11,14H,2,5,7H2,1H3,(H,15,16);1H. The molecule has 0 saturated carbocycles. The fourth-order valence-corrected chi connectivity index (χ4v) is 2.34. The maximum absolute atomic E-state index is 11.5. The van der Waals surface area contributed by atoms with E-state index in [4.69, 9.17) is 11.6 Å². The van der Waals surface area contributed by atoms with Crippen LogP contribution < -0.4 is 10.6 Å². The highest BCUT2D eigenvalue weighted by Crippen LogP contribution is 2.32. The van der Waals surface area contributed by atoms with Crippen LogP contribution in [0.2, 0.25) is 5.02 Å². The minimum Gasteiger partial charge on any atom is -0.348 e. The fraction of sp³-hybridized carbons (Fsp3) is 0.417. The lowest BCUT2D eigenvalue weighted by atomic mass is 10.1. The quantitative estimate of drug-likeness (QED) is 0.886. The molecule has 0 heterocycles. The van der Waals surface area contributed by atoms with Crippen LogP contribution in [0.15, 0.2) is 18.2 Å². The van der Waals surface area contributed by atoms with Crippen molar-refractivity contribution in [2.75, 3.05) is 13.6 Å². The summed E-state index contributed by atoms with van der Waals surface area (Å²) in [5.74, 6) is 0.0373. The molecule has 0 saturated heterocycles. The number of aryl methyl sites for hydroxylation is 1. The summed E-state index contributed by atoms with van der Waals surface area (Å²) in [6, 6.07) is 6.02. The highest BCUT2D eigenvalue weighted by molar-refractivity contribution is 6.30. The van der Waals surface area contributed by atoms with Gasteiger partial charge in [0.05, 0.1) is 12.6 Å². The molecule has 1 aliphatic carbocycles. The van der Waals surface area contributed by atoms with Crippen LogP contribution in [0.1, 0.15) is 23.6 Å². The number of carbonyl (C=O) groups is 1. The molecule has 0 bridgehead atoms. The van der Waals surface area contributed by atoms with E-state index in [1.165, 1.54) is 11.1 Å². The number of rotatable bonds is 3. The lowest BCUT2D eigenvalue weighted by Crippen LogP contribution is -2.34. The number of likely N-dealkylation sites (N-methyl/N-ethyl adjacent to an activating group) is 1. The summed E-state index contributed by atoms with van der Waals surface area (Å²) >= 11 is 5.93. The smallest absolute Gasteiger partial charge is 0.234 e. The van der Waals surface area contributed by atoms with Crippen molar-refractivity contribution in [2.24, 2.45) is 0 Å². The van der Waals surface area contributed by atoms with Gasteiger partial charge in [0.1, 0.15) is 0 Å². The van der Waals surface area contributed by atoms with E-state index in [1.54, 1.807) is 7.05 Å². The van der Waals surface area contributed by atoms with Crippen LogP contribution in [-0.4, -0.2) is 19.5 Å². The molecular formula is C12H16Cl2N2O. The molecule has 17 heavy (non-hydrogen) atoms. The third-order valence-corrected chi connectivity index (χ3v) is 3.09. The van der Waals surface area contributed by atoms with Crippen LogP contribution in [0.25, 0.3) is 0 Å². The van der Waals surface area contributed by atoms with Gasteiger partial charge in [-0.05, 0) is 43.1 Å². The van der Waals surface area contributed by atoms with Crippen LogP contribution in [0.4, 0.5) is 0 Å². The second-order valence-corrected chi connectivity index (χ2v) is 4.47. The monoisotopic (exact) mass is 274 g/mol. The molecule has 0 aromatic heterocycles. The Morgan fingerprint density at radius 3 is 3.00 bits per heavy atom. The average molecular weight is 275 g/mol. The highest BCUT2D eigenvalue weighted by Gasteiger charge is 2.23. The van der Waals surface area contributed by atoms with Crippen molar-refractivity contribution in [1.29, 1.82) is 0 Å². The third kappa shape index (κ3) is 3.35. The average Bonchev–Trinajstić information content (AvgIpc) is 2.61. The van der Waals surface area contributed by atoms with E-state index in [9.17, 15) is 4.79 Å². The molecule has 0 fully saturated rings. The topological polar surface area (TPSA) is 41.1 Å². The van der Waals surface area contributed by atoms with Crippen LogP contribution in [-0.2, 0) is 11.2 Å². The Kier molecular flexibility index (Phi) is 5.25. The molecule has 0 radical (unpaired) electrons. The number of carbonyl (C=O) groups excluding carboxylic acids is 1. The molecule has 1 amide bonds. The molecule has 2 N–H and O–H groups in total. The van der Waals surface area contributed by atoms with Crippen molar-refractivity contribution in [3.05, 3.63) is 34.3 Å². The normalized spacial score (nSPS) is 17.2. The predicted octanol–water partition coefficient (Wildman–Crippen LogP) is 2.08. The van der Waals surface area contributed by atoms with E-state index in [0.29, 0.717) is 6.54 Å². The second kappa shape index (κ2) is 6.24. The highest BCUT2D eigenvalue weighted by atomic mass is 35.5. The van der Waals surface area contributed by atoms with Gasteiger partial charge in [0.2, 0.25) is 5.91 Å². The molecule has 0 spiro atoms. The zero-order chi connectivity index (χ0) is 11.5. The van der Waals surface area contributed by atoms with E-state index in [0.717, 1.165) is 17.9 Å². The molecule has 3 nitrogen and oxygen atoms in total. The number of nitrogens with one attached hydrogen (secondary N) is 2. The van der Waals surface area contributed by atoms with Gasteiger partial charge in [-0.2, -0.15) is 0 Å². The van der Waals surface area contributed by atoms with Crippen molar-refractivity contribution in [3.63, 3.8) is 0 Å². The van der Waals surface area contributed by atoms with Gasteiger partial charge >= 0.3 is 0 Å². The van der Waals surface area contributed by atoms with Gasteiger partial charge < -0.3 is 10.6 Å². The van der Waals surface area contributed by atoms with Gasteiger partial charge in [-0.1, -0.05) is 17.7 Å². The minimum atomic E-state index is 0. The Hall–Kier alpha value is -0.770. The van der Waals surface area contributed by atoms with E-state index in [-0.39, 0.29) is 24.4 Å². The van der Waals surface area contributed by atoms with E-state index < -0.39 is 0 Å². The van der Waals surface area contributed by atoms with Crippen molar-refractivity contribution in [3.8, 4) is 0 Å². The SMILES string of the molecule is CNCC(=O)NC1CCc2cc(Cl)ccc21.Cl. The lowest BCUT2D eigenvalue weighted by Gasteiger charge is -2.13. The first-order valence-corrected chi connectivity index (χ1v) is 5.81.